The Bertz CT molecular complexity index is 701. The van der Waals surface area contributed by atoms with Crippen LogP contribution in [0.3, 0.4) is 0 Å². The molecule has 23 heavy (non-hydrogen) atoms. The number of rotatable bonds is 2. The first-order valence-corrected chi connectivity index (χ1v) is 7.97. The van der Waals surface area contributed by atoms with Crippen LogP contribution >= 0.6 is 12.2 Å². The average molecular weight is 325 g/mol. The Hall–Kier alpha value is -2.20. The summed E-state index contributed by atoms with van der Waals surface area (Å²) >= 11 is 5.40. The standard InChI is InChI=1S/C19H19NO2S/c1-14(21)20-17(23)22-19(18(20,2)3,15-10-6-4-7-11-15)16-12-8-5-9-13-16/h4-13H,1-3H3. The molecule has 0 aromatic heterocycles. The van der Waals surface area contributed by atoms with Crippen molar-refractivity contribution in [1.82, 2.24) is 4.90 Å². The van der Waals surface area contributed by atoms with E-state index in [1.165, 1.54) is 6.92 Å². The average Bonchev–Trinajstić information content (AvgIpc) is 2.75. The van der Waals surface area contributed by atoms with Crippen molar-refractivity contribution in [2.24, 2.45) is 0 Å². The predicted octanol–water partition coefficient (Wildman–Crippen LogP) is 3.87. The van der Waals surface area contributed by atoms with Crippen molar-refractivity contribution in [3.63, 3.8) is 0 Å². The molecule has 1 heterocycles. The van der Waals surface area contributed by atoms with Crippen LogP contribution in [-0.4, -0.2) is 21.5 Å². The summed E-state index contributed by atoms with van der Waals surface area (Å²) in [7, 11) is 0. The zero-order valence-electron chi connectivity index (χ0n) is 13.4. The van der Waals surface area contributed by atoms with Crippen LogP contribution < -0.4 is 0 Å². The topological polar surface area (TPSA) is 29.5 Å². The lowest BCUT2D eigenvalue weighted by molar-refractivity contribution is -0.129. The molecule has 0 atom stereocenters. The van der Waals surface area contributed by atoms with Gasteiger partial charge in [-0.15, -0.1) is 0 Å². The summed E-state index contributed by atoms with van der Waals surface area (Å²) in [6.45, 7) is 5.50. The second-order valence-corrected chi connectivity index (χ2v) is 6.54. The third kappa shape index (κ3) is 2.17. The molecule has 1 amide bonds. The van der Waals surface area contributed by atoms with Crippen LogP contribution in [0.1, 0.15) is 31.9 Å². The molecule has 0 N–H and O–H groups in total. The second-order valence-electron chi connectivity index (χ2n) is 6.19. The zero-order chi connectivity index (χ0) is 16.7. The molecule has 1 fully saturated rings. The van der Waals surface area contributed by atoms with Gasteiger partial charge in [0.1, 0.15) is 0 Å². The van der Waals surface area contributed by atoms with Crippen molar-refractivity contribution in [3.8, 4) is 0 Å². The number of nitrogens with zero attached hydrogens (tertiary/aromatic N) is 1. The summed E-state index contributed by atoms with van der Waals surface area (Å²) in [5.74, 6) is -0.117. The summed E-state index contributed by atoms with van der Waals surface area (Å²) in [6, 6.07) is 19.9. The molecule has 1 aliphatic rings. The van der Waals surface area contributed by atoms with Gasteiger partial charge in [-0.2, -0.15) is 0 Å². The first-order valence-electron chi connectivity index (χ1n) is 7.56. The fraction of sp³-hybridized carbons (Fsp3) is 0.263. The molecule has 2 aromatic carbocycles. The molecule has 4 heteroatoms. The summed E-state index contributed by atoms with van der Waals surface area (Å²) in [4.78, 5) is 13.8. The number of thiocarbonyl (C=S) groups is 1. The van der Waals surface area contributed by atoms with Gasteiger partial charge >= 0.3 is 0 Å². The lowest BCUT2D eigenvalue weighted by Gasteiger charge is -2.41. The third-order valence-corrected chi connectivity index (χ3v) is 4.78. The molecule has 1 saturated heterocycles. The predicted molar refractivity (Wildman–Crippen MR) is 93.9 cm³/mol. The van der Waals surface area contributed by atoms with Gasteiger partial charge in [0.25, 0.3) is 5.17 Å². The minimum Gasteiger partial charge on any atom is -0.452 e. The summed E-state index contributed by atoms with van der Waals surface area (Å²) in [5.41, 5.74) is 0.460. The number of ether oxygens (including phenoxy) is 1. The van der Waals surface area contributed by atoms with Crippen LogP contribution in [-0.2, 0) is 15.1 Å². The van der Waals surface area contributed by atoms with Crippen molar-refractivity contribution in [2.45, 2.75) is 31.9 Å². The fourth-order valence-corrected chi connectivity index (χ4v) is 4.03. The van der Waals surface area contributed by atoms with Crippen molar-refractivity contribution >= 4 is 23.3 Å². The van der Waals surface area contributed by atoms with E-state index in [0.717, 1.165) is 11.1 Å². The molecular weight excluding hydrogens is 306 g/mol. The number of carbonyl (C=O) groups is 1. The van der Waals surface area contributed by atoms with E-state index in [2.05, 4.69) is 0 Å². The van der Waals surface area contributed by atoms with E-state index in [1.54, 1.807) is 4.90 Å². The Morgan fingerprint density at radius 3 is 1.74 bits per heavy atom. The maximum absolute atomic E-state index is 12.2. The molecule has 0 unspecified atom stereocenters. The number of benzene rings is 2. The SMILES string of the molecule is CC(=O)N1C(=S)OC(c2ccccc2)(c2ccccc2)C1(C)C. The van der Waals surface area contributed by atoms with Crippen LogP contribution in [0.15, 0.2) is 60.7 Å². The van der Waals surface area contributed by atoms with Gasteiger partial charge in [-0.25, -0.2) is 0 Å². The number of carbonyl (C=O) groups excluding carboxylic acids is 1. The Labute approximate surface area is 141 Å². The molecule has 0 radical (unpaired) electrons. The highest BCUT2D eigenvalue weighted by atomic mass is 32.1. The molecule has 0 bridgehead atoms. The van der Waals surface area contributed by atoms with Gasteiger partial charge in [0.2, 0.25) is 5.91 Å². The Morgan fingerprint density at radius 2 is 1.39 bits per heavy atom. The normalized spacial score (nSPS) is 18.6. The molecular formula is C19H19NO2S. The molecule has 118 valence electrons. The van der Waals surface area contributed by atoms with Crippen LogP contribution in [0.2, 0.25) is 0 Å². The van der Waals surface area contributed by atoms with E-state index in [9.17, 15) is 4.79 Å². The molecule has 2 aromatic rings. The lowest BCUT2D eigenvalue weighted by atomic mass is 9.72. The van der Waals surface area contributed by atoms with Crippen LogP contribution in [0, 0.1) is 0 Å². The van der Waals surface area contributed by atoms with Crippen molar-refractivity contribution in [3.05, 3.63) is 71.8 Å². The van der Waals surface area contributed by atoms with Gasteiger partial charge in [-0.3, -0.25) is 9.69 Å². The summed E-state index contributed by atoms with van der Waals surface area (Å²) < 4.78 is 6.25. The Balaban J connectivity index is 2.31. The van der Waals surface area contributed by atoms with E-state index >= 15 is 0 Å². The van der Waals surface area contributed by atoms with E-state index < -0.39 is 11.1 Å². The van der Waals surface area contributed by atoms with Crippen LogP contribution in [0.25, 0.3) is 0 Å². The monoisotopic (exact) mass is 325 g/mol. The second kappa shape index (κ2) is 5.46. The fourth-order valence-electron chi connectivity index (χ4n) is 3.55. The molecule has 0 aliphatic carbocycles. The molecule has 0 spiro atoms. The van der Waals surface area contributed by atoms with Crippen LogP contribution in [0.4, 0.5) is 0 Å². The van der Waals surface area contributed by atoms with E-state index in [0.29, 0.717) is 0 Å². The highest BCUT2D eigenvalue weighted by Crippen LogP contribution is 2.51. The van der Waals surface area contributed by atoms with Gasteiger partial charge in [0.05, 0.1) is 5.54 Å². The third-order valence-electron chi connectivity index (χ3n) is 4.52. The number of hydrogen-bond donors (Lipinski definition) is 0. The van der Waals surface area contributed by atoms with Gasteiger partial charge < -0.3 is 4.74 Å². The van der Waals surface area contributed by atoms with Crippen LogP contribution in [0.5, 0.6) is 0 Å². The molecule has 3 rings (SSSR count). The van der Waals surface area contributed by atoms with Gasteiger partial charge in [-0.1, -0.05) is 60.7 Å². The summed E-state index contributed by atoms with van der Waals surface area (Å²) in [6.07, 6.45) is 0. The Morgan fingerprint density at radius 1 is 0.957 bits per heavy atom. The van der Waals surface area contributed by atoms with E-state index in [4.69, 9.17) is 17.0 Å². The maximum Gasteiger partial charge on any atom is 0.268 e. The van der Waals surface area contributed by atoms with E-state index in [-0.39, 0.29) is 11.1 Å². The Kier molecular flexibility index (Phi) is 3.72. The highest BCUT2D eigenvalue weighted by Gasteiger charge is 2.61. The lowest BCUT2D eigenvalue weighted by Crippen LogP contribution is -2.54. The number of amides is 1. The van der Waals surface area contributed by atoms with Crippen molar-refractivity contribution in [2.75, 3.05) is 0 Å². The van der Waals surface area contributed by atoms with Gasteiger partial charge in [0.15, 0.2) is 5.60 Å². The van der Waals surface area contributed by atoms with E-state index in [1.807, 2.05) is 74.5 Å². The first kappa shape index (κ1) is 15.7. The zero-order valence-corrected chi connectivity index (χ0v) is 14.3. The minimum atomic E-state index is -0.835. The van der Waals surface area contributed by atoms with Crippen molar-refractivity contribution < 1.29 is 9.53 Å². The molecule has 1 aliphatic heterocycles. The highest BCUT2D eigenvalue weighted by molar-refractivity contribution is 7.80. The van der Waals surface area contributed by atoms with Crippen molar-refractivity contribution in [1.29, 1.82) is 0 Å². The summed E-state index contributed by atoms with van der Waals surface area (Å²) in [5, 5.41) is 0.218. The smallest absolute Gasteiger partial charge is 0.268 e. The molecule has 3 nitrogen and oxygen atoms in total. The first-order chi connectivity index (χ1) is 10.9. The number of hydrogen-bond acceptors (Lipinski definition) is 3. The van der Waals surface area contributed by atoms with Gasteiger partial charge in [0, 0.05) is 18.1 Å². The molecule has 0 saturated carbocycles. The largest absolute Gasteiger partial charge is 0.452 e. The quantitative estimate of drug-likeness (QED) is 0.785. The van der Waals surface area contributed by atoms with Gasteiger partial charge in [-0.05, 0) is 26.1 Å². The maximum atomic E-state index is 12.2. The minimum absolute atomic E-state index is 0.117.